The number of carbonyl (C=O) groups is 2. The zero-order chi connectivity index (χ0) is 20.5. The van der Waals surface area contributed by atoms with Crippen molar-refractivity contribution in [1.82, 2.24) is 15.2 Å². The lowest BCUT2D eigenvalue weighted by Crippen LogP contribution is -2.51. The van der Waals surface area contributed by atoms with Gasteiger partial charge in [0.2, 0.25) is 5.91 Å². The number of aromatic nitrogens is 1. The second-order valence-corrected chi connectivity index (χ2v) is 7.68. The van der Waals surface area contributed by atoms with Gasteiger partial charge in [-0.2, -0.15) is 0 Å². The molecule has 0 bridgehead atoms. The molecule has 1 aliphatic heterocycles. The highest BCUT2D eigenvalue weighted by Crippen LogP contribution is 2.29. The largest absolute Gasteiger partial charge is 0.366 e. The first-order valence-electron chi connectivity index (χ1n) is 9.45. The molecule has 1 atom stereocenters. The molecule has 2 aromatic carbocycles. The van der Waals surface area contributed by atoms with Gasteiger partial charge in [-0.3, -0.25) is 9.59 Å². The van der Waals surface area contributed by atoms with Gasteiger partial charge in [-0.15, -0.1) is 0 Å². The number of rotatable bonds is 3. The van der Waals surface area contributed by atoms with Crippen LogP contribution in [0, 0.1) is 0 Å². The minimum atomic E-state index is -0.503. The van der Waals surface area contributed by atoms with Crippen LogP contribution in [-0.2, 0) is 0 Å². The Labute approximate surface area is 173 Å². The normalized spacial score (nSPS) is 16.8. The van der Waals surface area contributed by atoms with Gasteiger partial charge in [0.1, 0.15) is 0 Å². The molecule has 1 aromatic heterocycles. The summed E-state index contributed by atoms with van der Waals surface area (Å²) in [5, 5.41) is 4.64. The monoisotopic (exact) mass is 408 g/mol. The average Bonchev–Trinajstić information content (AvgIpc) is 2.72. The standard InChI is InChI=1S/C22H21ClN4O2/c1-13-12-27(8-7-25-13)22(29)16-5-6-17-18(23)11-19(26-20(17)10-16)14-3-2-4-15(9-14)21(24)28/h2-6,9-11,13,25H,7-8,12H2,1H3,(H2,24,28)/t13-/m1/s1. The van der Waals surface area contributed by atoms with E-state index in [1.165, 1.54) is 0 Å². The third-order valence-electron chi connectivity index (χ3n) is 5.11. The summed E-state index contributed by atoms with van der Waals surface area (Å²) < 4.78 is 0. The molecule has 0 spiro atoms. The molecule has 0 saturated carbocycles. The van der Waals surface area contributed by atoms with Crippen molar-refractivity contribution in [3.63, 3.8) is 0 Å². The van der Waals surface area contributed by atoms with Crippen LogP contribution in [0.25, 0.3) is 22.2 Å². The van der Waals surface area contributed by atoms with Crippen LogP contribution in [0.15, 0.2) is 48.5 Å². The summed E-state index contributed by atoms with van der Waals surface area (Å²) in [6, 6.07) is 14.3. The van der Waals surface area contributed by atoms with Gasteiger partial charge < -0.3 is 16.0 Å². The summed E-state index contributed by atoms with van der Waals surface area (Å²) in [4.78, 5) is 31.0. The minimum absolute atomic E-state index is 0.0145. The van der Waals surface area contributed by atoms with Crippen molar-refractivity contribution in [3.05, 3.63) is 64.7 Å². The maximum absolute atomic E-state index is 12.9. The van der Waals surface area contributed by atoms with Crippen molar-refractivity contribution in [2.24, 2.45) is 5.73 Å². The Morgan fingerprint density at radius 3 is 2.76 bits per heavy atom. The molecule has 0 aliphatic carbocycles. The molecule has 2 heterocycles. The molecule has 3 N–H and O–H groups in total. The molecule has 1 saturated heterocycles. The number of hydrogen-bond donors (Lipinski definition) is 2. The molecule has 2 amide bonds. The SMILES string of the molecule is C[C@@H]1CN(C(=O)c2ccc3c(Cl)cc(-c4cccc(C(N)=O)c4)nc3c2)CCN1. The summed E-state index contributed by atoms with van der Waals surface area (Å²) in [5.74, 6) is -0.517. The van der Waals surface area contributed by atoms with Crippen LogP contribution in [-0.4, -0.2) is 47.4 Å². The molecular weight excluding hydrogens is 388 g/mol. The Morgan fingerprint density at radius 1 is 1.17 bits per heavy atom. The number of carbonyl (C=O) groups excluding carboxylic acids is 2. The Morgan fingerprint density at radius 2 is 2.00 bits per heavy atom. The molecule has 3 aromatic rings. The van der Waals surface area contributed by atoms with Crippen molar-refractivity contribution in [2.75, 3.05) is 19.6 Å². The summed E-state index contributed by atoms with van der Waals surface area (Å²) in [5.41, 5.74) is 8.35. The number of nitrogens with zero attached hydrogens (tertiary/aromatic N) is 2. The van der Waals surface area contributed by atoms with Gasteiger partial charge in [-0.25, -0.2) is 4.98 Å². The fourth-order valence-electron chi connectivity index (χ4n) is 3.60. The van der Waals surface area contributed by atoms with Crippen molar-refractivity contribution in [3.8, 4) is 11.3 Å². The van der Waals surface area contributed by atoms with E-state index in [1.54, 1.807) is 36.4 Å². The van der Waals surface area contributed by atoms with Crippen LogP contribution in [0.3, 0.4) is 0 Å². The Hall–Kier alpha value is -2.96. The van der Waals surface area contributed by atoms with E-state index < -0.39 is 5.91 Å². The topological polar surface area (TPSA) is 88.3 Å². The zero-order valence-electron chi connectivity index (χ0n) is 16.0. The first-order chi connectivity index (χ1) is 13.9. The first kappa shape index (κ1) is 19.4. The predicted octanol–water partition coefficient (Wildman–Crippen LogP) is 3.09. The molecular formula is C22H21ClN4O2. The van der Waals surface area contributed by atoms with Crippen LogP contribution in [0.1, 0.15) is 27.6 Å². The van der Waals surface area contributed by atoms with Gasteiger partial charge in [0, 0.05) is 47.8 Å². The van der Waals surface area contributed by atoms with Gasteiger partial charge in [0.25, 0.3) is 5.91 Å². The molecule has 148 valence electrons. The van der Waals surface area contributed by atoms with Gasteiger partial charge in [0.05, 0.1) is 16.2 Å². The smallest absolute Gasteiger partial charge is 0.254 e. The number of primary amides is 1. The van der Waals surface area contributed by atoms with E-state index in [0.29, 0.717) is 40.4 Å². The second kappa shape index (κ2) is 7.81. The summed E-state index contributed by atoms with van der Waals surface area (Å²) in [6.07, 6.45) is 0. The molecule has 29 heavy (non-hydrogen) atoms. The van der Waals surface area contributed by atoms with E-state index in [1.807, 2.05) is 17.0 Å². The highest BCUT2D eigenvalue weighted by Gasteiger charge is 2.22. The fraction of sp³-hybridized carbons (Fsp3) is 0.227. The number of nitrogens with two attached hydrogens (primary N) is 1. The molecule has 7 heteroatoms. The van der Waals surface area contributed by atoms with Gasteiger partial charge in [-0.1, -0.05) is 29.8 Å². The molecule has 1 fully saturated rings. The number of amides is 2. The van der Waals surface area contributed by atoms with E-state index in [-0.39, 0.29) is 11.9 Å². The summed E-state index contributed by atoms with van der Waals surface area (Å²) in [6.45, 7) is 4.19. The Kier molecular flexibility index (Phi) is 5.22. The molecule has 4 rings (SSSR count). The first-order valence-corrected chi connectivity index (χ1v) is 9.83. The van der Waals surface area contributed by atoms with Crippen molar-refractivity contribution < 1.29 is 9.59 Å². The molecule has 6 nitrogen and oxygen atoms in total. The quantitative estimate of drug-likeness (QED) is 0.697. The molecule has 0 unspecified atom stereocenters. The fourth-order valence-corrected chi connectivity index (χ4v) is 3.86. The number of halogens is 1. The van der Waals surface area contributed by atoms with Gasteiger partial charge >= 0.3 is 0 Å². The van der Waals surface area contributed by atoms with E-state index in [2.05, 4.69) is 12.2 Å². The second-order valence-electron chi connectivity index (χ2n) is 7.27. The number of pyridine rings is 1. The lowest BCUT2D eigenvalue weighted by Gasteiger charge is -2.32. The average molecular weight is 409 g/mol. The number of hydrogen-bond acceptors (Lipinski definition) is 4. The third-order valence-corrected chi connectivity index (χ3v) is 5.42. The minimum Gasteiger partial charge on any atom is -0.366 e. The van der Waals surface area contributed by atoms with Crippen LogP contribution in [0.5, 0.6) is 0 Å². The lowest BCUT2D eigenvalue weighted by atomic mass is 10.0. The maximum Gasteiger partial charge on any atom is 0.254 e. The van der Waals surface area contributed by atoms with Gasteiger partial charge in [-0.05, 0) is 37.3 Å². The van der Waals surface area contributed by atoms with Crippen molar-refractivity contribution in [2.45, 2.75) is 13.0 Å². The maximum atomic E-state index is 12.9. The number of benzene rings is 2. The van der Waals surface area contributed by atoms with Crippen LogP contribution < -0.4 is 11.1 Å². The predicted molar refractivity (Wildman–Crippen MR) is 114 cm³/mol. The number of piperazine rings is 1. The van der Waals surface area contributed by atoms with Crippen LogP contribution in [0.2, 0.25) is 5.02 Å². The summed E-state index contributed by atoms with van der Waals surface area (Å²) >= 11 is 6.48. The van der Waals surface area contributed by atoms with Crippen LogP contribution >= 0.6 is 11.6 Å². The molecule has 0 radical (unpaired) electrons. The highest BCUT2D eigenvalue weighted by atomic mass is 35.5. The van der Waals surface area contributed by atoms with E-state index in [4.69, 9.17) is 22.3 Å². The zero-order valence-corrected chi connectivity index (χ0v) is 16.7. The van der Waals surface area contributed by atoms with Crippen molar-refractivity contribution in [1.29, 1.82) is 0 Å². The Bertz CT molecular complexity index is 1120. The van der Waals surface area contributed by atoms with Gasteiger partial charge in [0.15, 0.2) is 0 Å². The van der Waals surface area contributed by atoms with E-state index in [0.717, 1.165) is 17.5 Å². The summed E-state index contributed by atoms with van der Waals surface area (Å²) in [7, 11) is 0. The number of nitrogens with one attached hydrogen (secondary N) is 1. The Balaban J connectivity index is 1.73. The van der Waals surface area contributed by atoms with E-state index >= 15 is 0 Å². The molecule has 1 aliphatic rings. The highest BCUT2D eigenvalue weighted by molar-refractivity contribution is 6.35. The van der Waals surface area contributed by atoms with E-state index in [9.17, 15) is 9.59 Å². The lowest BCUT2D eigenvalue weighted by molar-refractivity contribution is 0.0709. The van der Waals surface area contributed by atoms with Crippen LogP contribution in [0.4, 0.5) is 0 Å². The number of fused-ring (bicyclic) bond motifs is 1. The van der Waals surface area contributed by atoms with Crippen molar-refractivity contribution >= 4 is 34.3 Å². The third kappa shape index (κ3) is 3.95.